The number of hydrogen-bond acceptors (Lipinski definition) is 3. The number of primary amides is 1. The van der Waals surface area contributed by atoms with Gasteiger partial charge < -0.3 is 5.73 Å². The Morgan fingerprint density at radius 3 is 2.88 bits per heavy atom. The summed E-state index contributed by atoms with van der Waals surface area (Å²) < 4.78 is 1.69. The van der Waals surface area contributed by atoms with Crippen LogP contribution in [0.25, 0.3) is 11.3 Å². The lowest BCUT2D eigenvalue weighted by molar-refractivity contribution is 0.0989. The lowest BCUT2D eigenvalue weighted by atomic mass is 10.2. The van der Waals surface area contributed by atoms with Gasteiger partial charge in [0, 0.05) is 17.5 Å². The van der Waals surface area contributed by atoms with Crippen molar-refractivity contribution < 1.29 is 4.79 Å². The second kappa shape index (κ2) is 4.71. The van der Waals surface area contributed by atoms with Crippen LogP contribution in [0.2, 0.25) is 0 Å². The van der Waals surface area contributed by atoms with Gasteiger partial charge in [0.2, 0.25) is 0 Å². The highest BCUT2D eigenvalue weighted by Gasteiger charge is 2.14. The van der Waals surface area contributed by atoms with E-state index in [1.54, 1.807) is 22.1 Å². The Morgan fingerprint density at radius 2 is 2.35 bits per heavy atom. The van der Waals surface area contributed by atoms with Gasteiger partial charge >= 0.3 is 0 Å². The van der Waals surface area contributed by atoms with Crippen LogP contribution in [0, 0.1) is 5.92 Å². The fraction of sp³-hybridized carbons (Fsp3) is 0.333. The molecule has 0 fully saturated rings. The molecule has 0 spiro atoms. The van der Waals surface area contributed by atoms with Crippen molar-refractivity contribution in [3.8, 4) is 11.3 Å². The molecule has 0 radical (unpaired) electrons. The van der Waals surface area contributed by atoms with Gasteiger partial charge in [-0.15, -0.1) is 0 Å². The van der Waals surface area contributed by atoms with Crippen molar-refractivity contribution in [2.75, 3.05) is 0 Å². The second-order valence-corrected chi connectivity index (χ2v) is 5.15. The number of nitrogens with zero attached hydrogens (tertiary/aromatic N) is 2. The van der Waals surface area contributed by atoms with Crippen molar-refractivity contribution in [1.82, 2.24) is 9.78 Å². The molecule has 0 unspecified atom stereocenters. The molecule has 0 saturated carbocycles. The highest BCUT2D eigenvalue weighted by atomic mass is 32.1. The van der Waals surface area contributed by atoms with Gasteiger partial charge in [0.1, 0.15) is 5.69 Å². The maximum atomic E-state index is 11.4. The first kappa shape index (κ1) is 11.9. The fourth-order valence-corrected chi connectivity index (χ4v) is 2.30. The molecule has 1 amide bonds. The average Bonchev–Trinajstić information content (AvgIpc) is 2.82. The Bertz CT molecular complexity index is 514. The summed E-state index contributed by atoms with van der Waals surface area (Å²) in [5.74, 6) is -0.0112. The minimum absolute atomic E-state index is 0.420. The highest BCUT2D eigenvalue weighted by molar-refractivity contribution is 7.08. The minimum atomic E-state index is -0.431. The molecule has 0 bridgehead atoms. The summed E-state index contributed by atoms with van der Waals surface area (Å²) in [6.45, 7) is 4.86. The molecule has 0 aliphatic rings. The average molecular weight is 249 g/mol. The molecule has 0 saturated heterocycles. The largest absolute Gasteiger partial charge is 0.364 e. The SMILES string of the molecule is CC(C)Cn1nc(-c2ccsc2)cc1C(N)=O. The van der Waals surface area contributed by atoms with E-state index in [4.69, 9.17) is 5.73 Å². The molecule has 0 aliphatic carbocycles. The summed E-state index contributed by atoms with van der Waals surface area (Å²) in [4.78, 5) is 11.4. The van der Waals surface area contributed by atoms with Crippen LogP contribution in [0.1, 0.15) is 24.3 Å². The summed E-state index contributed by atoms with van der Waals surface area (Å²) in [6.07, 6.45) is 0. The lowest BCUT2D eigenvalue weighted by Gasteiger charge is -2.07. The third-order valence-electron chi connectivity index (χ3n) is 2.39. The number of aromatic nitrogens is 2. The van der Waals surface area contributed by atoms with Crippen LogP contribution in [0.3, 0.4) is 0 Å². The fourth-order valence-electron chi connectivity index (χ4n) is 1.65. The van der Waals surface area contributed by atoms with E-state index in [-0.39, 0.29) is 0 Å². The third-order valence-corrected chi connectivity index (χ3v) is 3.07. The van der Waals surface area contributed by atoms with E-state index in [0.717, 1.165) is 11.3 Å². The van der Waals surface area contributed by atoms with Crippen LogP contribution in [-0.2, 0) is 6.54 Å². The first-order chi connectivity index (χ1) is 8.08. The zero-order valence-electron chi connectivity index (χ0n) is 9.88. The molecule has 90 valence electrons. The molecule has 0 aliphatic heterocycles. The molecule has 2 aromatic rings. The van der Waals surface area contributed by atoms with Gasteiger partial charge in [0.15, 0.2) is 0 Å². The molecule has 2 rings (SSSR count). The van der Waals surface area contributed by atoms with Crippen LogP contribution in [0.4, 0.5) is 0 Å². The first-order valence-corrected chi connectivity index (χ1v) is 6.42. The zero-order valence-corrected chi connectivity index (χ0v) is 10.7. The van der Waals surface area contributed by atoms with E-state index < -0.39 is 5.91 Å². The molecule has 17 heavy (non-hydrogen) atoms. The van der Waals surface area contributed by atoms with Crippen molar-refractivity contribution in [3.05, 3.63) is 28.6 Å². The van der Waals surface area contributed by atoms with Crippen LogP contribution >= 0.6 is 11.3 Å². The number of rotatable bonds is 4. The van der Waals surface area contributed by atoms with E-state index in [1.807, 2.05) is 16.8 Å². The van der Waals surface area contributed by atoms with Crippen molar-refractivity contribution in [2.45, 2.75) is 20.4 Å². The topological polar surface area (TPSA) is 60.9 Å². The summed E-state index contributed by atoms with van der Waals surface area (Å²) in [7, 11) is 0. The van der Waals surface area contributed by atoms with Crippen molar-refractivity contribution in [2.24, 2.45) is 11.7 Å². The summed E-state index contributed by atoms with van der Waals surface area (Å²) in [5.41, 5.74) is 7.67. The Hall–Kier alpha value is -1.62. The Kier molecular flexibility index (Phi) is 3.28. The molecule has 0 aromatic carbocycles. The minimum Gasteiger partial charge on any atom is -0.364 e. The van der Waals surface area contributed by atoms with Crippen LogP contribution in [0.15, 0.2) is 22.9 Å². The van der Waals surface area contributed by atoms with Gasteiger partial charge in [-0.2, -0.15) is 16.4 Å². The van der Waals surface area contributed by atoms with Gasteiger partial charge in [0.25, 0.3) is 5.91 Å². The number of carbonyl (C=O) groups excluding carboxylic acids is 1. The van der Waals surface area contributed by atoms with E-state index in [2.05, 4.69) is 18.9 Å². The monoisotopic (exact) mass is 249 g/mol. The lowest BCUT2D eigenvalue weighted by Crippen LogP contribution is -2.19. The number of nitrogens with two attached hydrogens (primary N) is 1. The summed E-state index contributed by atoms with van der Waals surface area (Å²) in [6, 6.07) is 3.74. The molecule has 2 heterocycles. The smallest absolute Gasteiger partial charge is 0.266 e. The summed E-state index contributed by atoms with van der Waals surface area (Å²) >= 11 is 1.61. The Morgan fingerprint density at radius 1 is 1.59 bits per heavy atom. The normalized spacial score (nSPS) is 11.0. The quantitative estimate of drug-likeness (QED) is 0.904. The highest BCUT2D eigenvalue weighted by Crippen LogP contribution is 2.22. The van der Waals surface area contributed by atoms with E-state index in [1.165, 1.54) is 0 Å². The molecule has 2 N–H and O–H groups in total. The van der Waals surface area contributed by atoms with Gasteiger partial charge in [-0.1, -0.05) is 13.8 Å². The standard InChI is InChI=1S/C12H15N3OS/c1-8(2)6-15-11(12(13)16)5-10(14-15)9-3-4-17-7-9/h3-5,7-8H,6H2,1-2H3,(H2,13,16). The molecule has 4 nitrogen and oxygen atoms in total. The van der Waals surface area contributed by atoms with Gasteiger partial charge in [-0.05, 0) is 23.4 Å². The summed E-state index contributed by atoms with van der Waals surface area (Å²) in [5, 5.41) is 8.43. The third kappa shape index (κ3) is 2.55. The van der Waals surface area contributed by atoms with Gasteiger partial charge in [0.05, 0.1) is 5.69 Å². The second-order valence-electron chi connectivity index (χ2n) is 4.37. The van der Waals surface area contributed by atoms with Crippen LogP contribution < -0.4 is 5.73 Å². The maximum absolute atomic E-state index is 11.4. The number of hydrogen-bond donors (Lipinski definition) is 1. The van der Waals surface area contributed by atoms with Crippen molar-refractivity contribution >= 4 is 17.2 Å². The van der Waals surface area contributed by atoms with E-state index in [0.29, 0.717) is 18.2 Å². The number of carbonyl (C=O) groups is 1. The van der Waals surface area contributed by atoms with Gasteiger partial charge in [-0.3, -0.25) is 9.48 Å². The molecular formula is C12H15N3OS. The van der Waals surface area contributed by atoms with E-state index in [9.17, 15) is 4.79 Å². The zero-order chi connectivity index (χ0) is 12.4. The molecule has 2 aromatic heterocycles. The number of amides is 1. The van der Waals surface area contributed by atoms with Crippen molar-refractivity contribution in [1.29, 1.82) is 0 Å². The maximum Gasteiger partial charge on any atom is 0.266 e. The molecule has 0 atom stereocenters. The Balaban J connectivity index is 2.41. The van der Waals surface area contributed by atoms with Crippen LogP contribution in [0.5, 0.6) is 0 Å². The molecule has 5 heteroatoms. The van der Waals surface area contributed by atoms with E-state index >= 15 is 0 Å². The van der Waals surface area contributed by atoms with Crippen molar-refractivity contribution in [3.63, 3.8) is 0 Å². The first-order valence-electron chi connectivity index (χ1n) is 5.48. The Labute approximate surface area is 104 Å². The number of thiophene rings is 1. The van der Waals surface area contributed by atoms with Gasteiger partial charge in [-0.25, -0.2) is 0 Å². The predicted octanol–water partition coefficient (Wildman–Crippen LogP) is 2.37. The molecular weight excluding hydrogens is 234 g/mol. The predicted molar refractivity (Wildman–Crippen MR) is 68.9 cm³/mol. The van der Waals surface area contributed by atoms with Crippen LogP contribution in [-0.4, -0.2) is 15.7 Å².